The highest BCUT2D eigenvalue weighted by molar-refractivity contribution is 7.87. The molecular weight excluding hydrogens is 254 g/mol. The van der Waals surface area contributed by atoms with E-state index in [1.54, 1.807) is 0 Å². The van der Waals surface area contributed by atoms with E-state index in [1.165, 1.54) is 4.31 Å². The van der Waals surface area contributed by atoms with Gasteiger partial charge in [0.05, 0.1) is 0 Å². The first-order valence-electron chi connectivity index (χ1n) is 6.46. The minimum atomic E-state index is -3.37. The molecule has 0 spiro atoms. The average molecular weight is 279 g/mol. The maximum atomic E-state index is 12.0. The van der Waals surface area contributed by atoms with Crippen LogP contribution in [0.2, 0.25) is 0 Å². The second-order valence-electron chi connectivity index (χ2n) is 5.11. The Morgan fingerprint density at radius 1 is 1.44 bits per heavy atom. The number of aliphatic hydroxyl groups is 1. The van der Waals surface area contributed by atoms with Crippen molar-refractivity contribution in [3.05, 3.63) is 0 Å². The SMILES string of the molecule is CN(C)CCCNS(=O)(=O)N1CCCC(CO)C1. The molecule has 1 unspecified atom stereocenters. The Morgan fingerprint density at radius 2 is 2.17 bits per heavy atom. The second-order valence-corrected chi connectivity index (χ2v) is 6.86. The molecule has 1 saturated heterocycles. The van der Waals surface area contributed by atoms with E-state index in [0.717, 1.165) is 25.8 Å². The topological polar surface area (TPSA) is 72.9 Å². The van der Waals surface area contributed by atoms with Gasteiger partial charge in [-0.1, -0.05) is 0 Å². The Kier molecular flexibility index (Phi) is 6.51. The van der Waals surface area contributed by atoms with Gasteiger partial charge in [-0.15, -0.1) is 0 Å². The van der Waals surface area contributed by atoms with Gasteiger partial charge in [0.2, 0.25) is 0 Å². The molecule has 0 aliphatic carbocycles. The summed E-state index contributed by atoms with van der Waals surface area (Å²) in [5.41, 5.74) is 0. The smallest absolute Gasteiger partial charge is 0.279 e. The maximum Gasteiger partial charge on any atom is 0.279 e. The number of nitrogens with zero attached hydrogens (tertiary/aromatic N) is 2. The largest absolute Gasteiger partial charge is 0.396 e. The first-order chi connectivity index (χ1) is 8.45. The predicted molar refractivity (Wildman–Crippen MR) is 71.5 cm³/mol. The van der Waals surface area contributed by atoms with Crippen LogP contribution < -0.4 is 4.72 Å². The summed E-state index contributed by atoms with van der Waals surface area (Å²) >= 11 is 0. The molecule has 108 valence electrons. The Hall–Kier alpha value is -0.210. The number of piperidine rings is 1. The van der Waals surface area contributed by atoms with Crippen molar-refractivity contribution < 1.29 is 13.5 Å². The molecule has 1 rings (SSSR count). The van der Waals surface area contributed by atoms with Crippen LogP contribution in [0.5, 0.6) is 0 Å². The van der Waals surface area contributed by atoms with E-state index < -0.39 is 10.2 Å². The lowest BCUT2D eigenvalue weighted by Crippen LogP contribution is -2.47. The van der Waals surface area contributed by atoms with Gasteiger partial charge in [0.15, 0.2) is 0 Å². The number of nitrogens with one attached hydrogen (secondary N) is 1. The van der Waals surface area contributed by atoms with Crippen molar-refractivity contribution in [1.82, 2.24) is 13.9 Å². The van der Waals surface area contributed by atoms with Crippen LogP contribution in [0.15, 0.2) is 0 Å². The standard InChI is InChI=1S/C11H25N3O3S/c1-13(2)7-4-6-12-18(16,17)14-8-3-5-11(9-14)10-15/h11-12,15H,3-10H2,1-2H3. The lowest BCUT2D eigenvalue weighted by atomic mass is 10.0. The van der Waals surface area contributed by atoms with Crippen molar-refractivity contribution in [2.24, 2.45) is 5.92 Å². The van der Waals surface area contributed by atoms with Crippen LogP contribution in [-0.2, 0) is 10.2 Å². The van der Waals surface area contributed by atoms with Crippen molar-refractivity contribution in [3.63, 3.8) is 0 Å². The van der Waals surface area contributed by atoms with E-state index >= 15 is 0 Å². The Labute approximate surface area is 110 Å². The summed E-state index contributed by atoms with van der Waals surface area (Å²) in [7, 11) is 0.556. The predicted octanol–water partition coefficient (Wildman–Crippen LogP) is -0.523. The molecule has 0 saturated carbocycles. The Morgan fingerprint density at radius 3 is 2.78 bits per heavy atom. The van der Waals surface area contributed by atoms with Crippen molar-refractivity contribution in [1.29, 1.82) is 0 Å². The molecule has 1 fully saturated rings. The van der Waals surface area contributed by atoms with Gasteiger partial charge >= 0.3 is 0 Å². The fourth-order valence-corrected chi connectivity index (χ4v) is 3.44. The van der Waals surface area contributed by atoms with E-state index in [0.29, 0.717) is 19.6 Å². The molecule has 6 nitrogen and oxygen atoms in total. The average Bonchev–Trinajstić information content (AvgIpc) is 2.34. The number of hydrogen-bond acceptors (Lipinski definition) is 4. The summed E-state index contributed by atoms with van der Waals surface area (Å²) in [5, 5.41) is 9.10. The summed E-state index contributed by atoms with van der Waals surface area (Å²) in [5.74, 6) is 0.0806. The van der Waals surface area contributed by atoms with Crippen molar-refractivity contribution in [2.75, 3.05) is 46.9 Å². The lowest BCUT2D eigenvalue weighted by molar-refractivity contribution is 0.164. The molecule has 2 N–H and O–H groups in total. The van der Waals surface area contributed by atoms with Crippen molar-refractivity contribution in [3.8, 4) is 0 Å². The highest BCUT2D eigenvalue weighted by Gasteiger charge is 2.27. The van der Waals surface area contributed by atoms with Gasteiger partial charge < -0.3 is 10.0 Å². The molecule has 7 heteroatoms. The third-order valence-corrected chi connectivity index (χ3v) is 4.73. The quantitative estimate of drug-likeness (QED) is 0.615. The van der Waals surface area contributed by atoms with E-state index in [9.17, 15) is 8.42 Å². The molecule has 18 heavy (non-hydrogen) atoms. The summed E-state index contributed by atoms with van der Waals surface area (Å²) in [4.78, 5) is 2.02. The third-order valence-electron chi connectivity index (χ3n) is 3.15. The fourth-order valence-electron chi connectivity index (χ4n) is 2.08. The number of hydrogen-bond donors (Lipinski definition) is 2. The molecule has 0 bridgehead atoms. The summed E-state index contributed by atoms with van der Waals surface area (Å²) in [6, 6.07) is 0. The van der Waals surface area contributed by atoms with Gasteiger partial charge in [-0.2, -0.15) is 12.7 Å². The molecule has 0 amide bonds. The van der Waals surface area contributed by atoms with Crippen LogP contribution in [0.1, 0.15) is 19.3 Å². The van der Waals surface area contributed by atoms with Gasteiger partial charge in [-0.25, -0.2) is 4.72 Å². The fraction of sp³-hybridized carbons (Fsp3) is 1.00. The number of rotatable bonds is 7. The molecule has 1 aliphatic rings. The monoisotopic (exact) mass is 279 g/mol. The zero-order valence-electron chi connectivity index (χ0n) is 11.3. The van der Waals surface area contributed by atoms with Gasteiger partial charge in [-0.3, -0.25) is 0 Å². The lowest BCUT2D eigenvalue weighted by Gasteiger charge is -2.30. The van der Waals surface area contributed by atoms with Gasteiger partial charge in [-0.05, 0) is 45.8 Å². The van der Waals surface area contributed by atoms with Crippen LogP contribution in [-0.4, -0.2) is 69.6 Å². The van der Waals surface area contributed by atoms with E-state index in [2.05, 4.69) is 4.72 Å². The zero-order valence-corrected chi connectivity index (χ0v) is 12.1. The van der Waals surface area contributed by atoms with Crippen LogP contribution in [0, 0.1) is 5.92 Å². The van der Waals surface area contributed by atoms with E-state index in [4.69, 9.17) is 5.11 Å². The van der Waals surface area contributed by atoms with Crippen molar-refractivity contribution in [2.45, 2.75) is 19.3 Å². The normalized spacial score (nSPS) is 22.6. The second kappa shape index (κ2) is 7.40. The molecule has 0 aromatic heterocycles. The van der Waals surface area contributed by atoms with Crippen LogP contribution >= 0.6 is 0 Å². The molecule has 1 heterocycles. The van der Waals surface area contributed by atoms with Gasteiger partial charge in [0, 0.05) is 26.2 Å². The van der Waals surface area contributed by atoms with Crippen LogP contribution in [0.25, 0.3) is 0 Å². The summed E-state index contributed by atoms with van der Waals surface area (Å²) in [6.45, 7) is 2.37. The zero-order chi connectivity index (χ0) is 13.6. The maximum absolute atomic E-state index is 12.0. The van der Waals surface area contributed by atoms with Gasteiger partial charge in [0.25, 0.3) is 10.2 Å². The van der Waals surface area contributed by atoms with Gasteiger partial charge in [0.1, 0.15) is 0 Å². The molecule has 0 aromatic carbocycles. The van der Waals surface area contributed by atoms with Crippen molar-refractivity contribution >= 4 is 10.2 Å². The van der Waals surface area contributed by atoms with Crippen LogP contribution in [0.3, 0.4) is 0 Å². The highest BCUT2D eigenvalue weighted by Crippen LogP contribution is 2.17. The first kappa shape index (κ1) is 15.8. The summed E-state index contributed by atoms with van der Waals surface area (Å²) in [6.07, 6.45) is 2.52. The first-order valence-corrected chi connectivity index (χ1v) is 7.90. The Balaban J connectivity index is 2.38. The molecule has 0 aromatic rings. The van der Waals surface area contributed by atoms with E-state index in [1.807, 2.05) is 19.0 Å². The molecule has 1 atom stereocenters. The molecular formula is C11H25N3O3S. The summed E-state index contributed by atoms with van der Waals surface area (Å²) < 4.78 is 28.1. The minimum absolute atomic E-state index is 0.0622. The number of aliphatic hydroxyl groups excluding tert-OH is 1. The minimum Gasteiger partial charge on any atom is -0.396 e. The highest BCUT2D eigenvalue weighted by atomic mass is 32.2. The third kappa shape index (κ3) is 5.19. The van der Waals surface area contributed by atoms with E-state index in [-0.39, 0.29) is 12.5 Å². The van der Waals surface area contributed by atoms with Crippen LogP contribution in [0.4, 0.5) is 0 Å². The molecule has 1 aliphatic heterocycles. The Bertz CT molecular complexity index is 332. The molecule has 0 radical (unpaired) electrons.